The van der Waals surface area contributed by atoms with Gasteiger partial charge < -0.3 is 11.1 Å². The lowest BCUT2D eigenvalue weighted by Crippen LogP contribution is -2.34. The smallest absolute Gasteiger partial charge is 0.228 e. The summed E-state index contributed by atoms with van der Waals surface area (Å²) >= 11 is 5.77. The lowest BCUT2D eigenvalue weighted by atomic mass is 10.0. The molecule has 3 N–H and O–H groups in total. The molecule has 0 bridgehead atoms. The number of nitrogens with two attached hydrogens (primary N) is 1. The van der Waals surface area contributed by atoms with E-state index in [0.29, 0.717) is 5.69 Å². The van der Waals surface area contributed by atoms with E-state index in [1.54, 1.807) is 13.8 Å². The second-order valence-corrected chi connectivity index (χ2v) is 4.17. The monoisotopic (exact) mass is 244 g/mol. The summed E-state index contributed by atoms with van der Waals surface area (Å²) in [5.41, 5.74) is 5.99. The molecule has 3 nitrogen and oxygen atoms in total. The van der Waals surface area contributed by atoms with Crippen molar-refractivity contribution < 1.29 is 9.18 Å². The van der Waals surface area contributed by atoms with Crippen LogP contribution in [-0.2, 0) is 4.79 Å². The average Bonchev–Trinajstić information content (AvgIpc) is 2.20. The number of benzene rings is 1. The molecule has 1 aromatic carbocycles. The van der Waals surface area contributed by atoms with Gasteiger partial charge >= 0.3 is 0 Å². The average molecular weight is 245 g/mol. The Morgan fingerprint density at radius 1 is 1.50 bits per heavy atom. The summed E-state index contributed by atoms with van der Waals surface area (Å²) in [4.78, 5) is 11.6. The Kier molecular flexibility index (Phi) is 4.26. The molecule has 0 heterocycles. The second-order valence-electron chi connectivity index (χ2n) is 3.76. The van der Waals surface area contributed by atoms with E-state index >= 15 is 0 Å². The van der Waals surface area contributed by atoms with Gasteiger partial charge in [-0.25, -0.2) is 4.39 Å². The van der Waals surface area contributed by atoms with Crippen LogP contribution in [0, 0.1) is 11.7 Å². The maximum atomic E-state index is 12.8. The summed E-state index contributed by atoms with van der Waals surface area (Å²) in [5, 5.41) is 2.77. The molecule has 2 atom stereocenters. The van der Waals surface area contributed by atoms with Crippen molar-refractivity contribution in [1.29, 1.82) is 0 Å². The van der Waals surface area contributed by atoms with Crippen LogP contribution in [0.1, 0.15) is 13.8 Å². The molecule has 88 valence electrons. The number of nitrogens with one attached hydrogen (secondary N) is 1. The van der Waals surface area contributed by atoms with Crippen LogP contribution >= 0.6 is 11.6 Å². The number of anilines is 1. The molecule has 5 heteroatoms. The molecule has 0 fully saturated rings. The predicted octanol–water partition coefficient (Wildman–Crippen LogP) is 2.40. The molecule has 0 saturated carbocycles. The number of carbonyl (C=O) groups excluding carboxylic acids is 1. The molecule has 0 aliphatic carbocycles. The van der Waals surface area contributed by atoms with Gasteiger partial charge in [-0.3, -0.25) is 4.79 Å². The first-order valence-corrected chi connectivity index (χ1v) is 5.31. The van der Waals surface area contributed by atoms with Gasteiger partial charge in [-0.2, -0.15) is 0 Å². The fourth-order valence-electron chi connectivity index (χ4n) is 1.08. The van der Waals surface area contributed by atoms with Gasteiger partial charge in [-0.15, -0.1) is 0 Å². The highest BCUT2D eigenvalue weighted by Gasteiger charge is 2.17. The highest BCUT2D eigenvalue weighted by atomic mass is 35.5. The lowest BCUT2D eigenvalue weighted by Gasteiger charge is -2.15. The maximum absolute atomic E-state index is 12.8. The highest BCUT2D eigenvalue weighted by Crippen LogP contribution is 2.23. The van der Waals surface area contributed by atoms with Crippen LogP contribution in [0.15, 0.2) is 18.2 Å². The zero-order valence-electron chi connectivity index (χ0n) is 9.13. The van der Waals surface area contributed by atoms with Gasteiger partial charge in [0.2, 0.25) is 5.91 Å². The molecular formula is C11H14ClFN2O. The van der Waals surface area contributed by atoms with Gasteiger partial charge in [0.05, 0.1) is 16.6 Å². The first kappa shape index (κ1) is 12.9. The number of rotatable bonds is 3. The van der Waals surface area contributed by atoms with Crippen molar-refractivity contribution in [2.75, 3.05) is 5.32 Å². The van der Waals surface area contributed by atoms with Gasteiger partial charge in [-0.1, -0.05) is 18.5 Å². The SMILES string of the molecule is CC(N)C(C)C(=O)Nc1ccc(F)cc1Cl. The van der Waals surface area contributed by atoms with E-state index in [1.807, 2.05) is 0 Å². The molecule has 1 rings (SSSR count). The van der Waals surface area contributed by atoms with Crippen molar-refractivity contribution in [2.45, 2.75) is 19.9 Å². The normalized spacial score (nSPS) is 14.3. The summed E-state index contributed by atoms with van der Waals surface area (Å²) in [7, 11) is 0. The van der Waals surface area contributed by atoms with Crippen molar-refractivity contribution in [2.24, 2.45) is 11.7 Å². The summed E-state index contributed by atoms with van der Waals surface area (Å²) in [6, 6.07) is 3.55. The van der Waals surface area contributed by atoms with Crippen molar-refractivity contribution in [3.05, 3.63) is 29.0 Å². The van der Waals surface area contributed by atoms with Crippen LogP contribution in [0.4, 0.5) is 10.1 Å². The first-order chi connectivity index (χ1) is 7.41. The summed E-state index contributed by atoms with van der Waals surface area (Å²) in [6.45, 7) is 3.47. The molecule has 1 amide bonds. The van der Waals surface area contributed by atoms with Crippen LogP contribution in [0.2, 0.25) is 5.02 Å². The fraction of sp³-hybridized carbons (Fsp3) is 0.364. The van der Waals surface area contributed by atoms with E-state index < -0.39 is 5.82 Å². The molecule has 0 aromatic heterocycles. The molecular weight excluding hydrogens is 231 g/mol. The van der Waals surface area contributed by atoms with Crippen molar-refractivity contribution in [1.82, 2.24) is 0 Å². The molecule has 0 aliphatic heterocycles. The van der Waals surface area contributed by atoms with Gasteiger partial charge in [0.25, 0.3) is 0 Å². The van der Waals surface area contributed by atoms with E-state index in [-0.39, 0.29) is 22.9 Å². The third-order valence-corrected chi connectivity index (χ3v) is 2.70. The molecule has 0 aliphatic rings. The third kappa shape index (κ3) is 3.18. The Labute approximate surface area is 98.8 Å². The Bertz CT molecular complexity index is 396. The second kappa shape index (κ2) is 5.27. The quantitative estimate of drug-likeness (QED) is 0.858. The molecule has 1 aromatic rings. The minimum Gasteiger partial charge on any atom is -0.327 e. The van der Waals surface area contributed by atoms with E-state index in [2.05, 4.69) is 5.32 Å². The predicted molar refractivity (Wildman–Crippen MR) is 62.9 cm³/mol. The Morgan fingerprint density at radius 3 is 2.62 bits per heavy atom. The number of halogens is 2. The molecule has 16 heavy (non-hydrogen) atoms. The third-order valence-electron chi connectivity index (χ3n) is 2.39. The highest BCUT2D eigenvalue weighted by molar-refractivity contribution is 6.33. The topological polar surface area (TPSA) is 55.1 Å². The first-order valence-electron chi connectivity index (χ1n) is 4.93. The van der Waals surface area contributed by atoms with Crippen LogP contribution in [0.5, 0.6) is 0 Å². The van der Waals surface area contributed by atoms with E-state index in [4.69, 9.17) is 17.3 Å². The summed E-state index contributed by atoms with van der Waals surface area (Å²) in [6.07, 6.45) is 0. The van der Waals surface area contributed by atoms with E-state index in [9.17, 15) is 9.18 Å². The van der Waals surface area contributed by atoms with Crippen LogP contribution < -0.4 is 11.1 Å². The largest absolute Gasteiger partial charge is 0.327 e. The molecule has 0 spiro atoms. The molecule has 2 unspecified atom stereocenters. The van der Waals surface area contributed by atoms with E-state index in [0.717, 1.165) is 6.07 Å². The zero-order chi connectivity index (χ0) is 12.3. The summed E-state index contributed by atoms with van der Waals surface area (Å²) < 4.78 is 12.8. The van der Waals surface area contributed by atoms with Gasteiger partial charge in [0, 0.05) is 6.04 Å². The summed E-state index contributed by atoms with van der Waals surface area (Å²) in [5.74, 6) is -1.01. The van der Waals surface area contributed by atoms with Gasteiger partial charge in [-0.05, 0) is 25.1 Å². The van der Waals surface area contributed by atoms with Crippen molar-refractivity contribution >= 4 is 23.2 Å². The maximum Gasteiger partial charge on any atom is 0.228 e. The standard InChI is InChI=1S/C11H14ClFN2O/c1-6(7(2)14)11(16)15-10-4-3-8(13)5-9(10)12/h3-7H,14H2,1-2H3,(H,15,16). The number of amides is 1. The number of hydrogen-bond donors (Lipinski definition) is 2. The van der Waals surface area contributed by atoms with Crippen molar-refractivity contribution in [3.8, 4) is 0 Å². The Balaban J connectivity index is 2.77. The number of hydrogen-bond acceptors (Lipinski definition) is 2. The van der Waals surface area contributed by atoms with Crippen molar-refractivity contribution in [3.63, 3.8) is 0 Å². The minimum atomic E-state index is -0.441. The van der Waals surface area contributed by atoms with Crippen LogP contribution in [0.3, 0.4) is 0 Å². The Morgan fingerprint density at radius 2 is 2.12 bits per heavy atom. The van der Waals surface area contributed by atoms with Gasteiger partial charge in [0.15, 0.2) is 0 Å². The van der Waals surface area contributed by atoms with Gasteiger partial charge in [0.1, 0.15) is 5.82 Å². The number of carbonyl (C=O) groups is 1. The molecule has 0 saturated heterocycles. The minimum absolute atomic E-state index is 0.172. The van der Waals surface area contributed by atoms with Crippen LogP contribution in [0.25, 0.3) is 0 Å². The van der Waals surface area contributed by atoms with Crippen LogP contribution in [-0.4, -0.2) is 11.9 Å². The molecule has 0 radical (unpaired) electrons. The Hall–Kier alpha value is -1.13. The zero-order valence-corrected chi connectivity index (χ0v) is 9.88. The van der Waals surface area contributed by atoms with E-state index in [1.165, 1.54) is 12.1 Å². The fourth-order valence-corrected chi connectivity index (χ4v) is 1.29. The lowest BCUT2D eigenvalue weighted by molar-refractivity contribution is -0.119.